The van der Waals surface area contributed by atoms with Crippen LogP contribution in [-0.2, 0) is 0 Å². The Labute approximate surface area is 110 Å². The second kappa shape index (κ2) is 3.42. The van der Waals surface area contributed by atoms with Gasteiger partial charge in [0.05, 0.1) is 21.8 Å². The van der Waals surface area contributed by atoms with Gasteiger partial charge in [-0.3, -0.25) is 19.8 Å². The highest BCUT2D eigenvalue weighted by Gasteiger charge is 2.19. The summed E-state index contributed by atoms with van der Waals surface area (Å²) in [6.45, 7) is 0. The van der Waals surface area contributed by atoms with E-state index < -0.39 is 0 Å². The van der Waals surface area contributed by atoms with Gasteiger partial charge < -0.3 is 4.40 Å². The van der Waals surface area contributed by atoms with Gasteiger partial charge in [-0.1, -0.05) is 6.07 Å². The van der Waals surface area contributed by atoms with E-state index in [1.165, 1.54) is 0 Å². The molecule has 0 bridgehead atoms. The highest BCUT2D eigenvalue weighted by molar-refractivity contribution is 7.98. The number of hydrogen-bond acceptors (Lipinski definition) is 3. The van der Waals surface area contributed by atoms with Gasteiger partial charge in [-0.15, -0.1) is 11.8 Å². The number of fused-ring (bicyclic) bond motifs is 3. The lowest BCUT2D eigenvalue weighted by Gasteiger charge is -1.94. The molecule has 0 atom stereocenters. The molecule has 0 spiro atoms. The van der Waals surface area contributed by atoms with Crippen LogP contribution in [0.1, 0.15) is 0 Å². The number of thioether (sulfide) groups is 1. The summed E-state index contributed by atoms with van der Waals surface area (Å²) in [4.78, 5) is 25.1. The first kappa shape index (κ1) is 10.7. The predicted octanol–water partition coefficient (Wildman–Crippen LogP) is 1.78. The van der Waals surface area contributed by atoms with E-state index in [4.69, 9.17) is 0 Å². The fourth-order valence-corrected chi connectivity index (χ4v) is 3.35. The number of nitrogens with one attached hydrogen (secondary N) is 2. The third kappa shape index (κ3) is 1.16. The van der Waals surface area contributed by atoms with Crippen molar-refractivity contribution < 1.29 is 0 Å². The number of aromatic nitrogens is 3. The van der Waals surface area contributed by atoms with Gasteiger partial charge in [-0.05, 0) is 24.5 Å². The van der Waals surface area contributed by atoms with Crippen molar-refractivity contribution in [2.45, 2.75) is 4.90 Å². The highest BCUT2D eigenvalue weighted by Crippen LogP contribution is 2.34. The first-order chi connectivity index (χ1) is 9.22. The summed E-state index contributed by atoms with van der Waals surface area (Å²) in [6, 6.07) is 7.77. The topological polar surface area (TPSA) is 70.1 Å². The largest absolute Gasteiger partial charge is 0.308 e. The van der Waals surface area contributed by atoms with Crippen LogP contribution in [0.15, 0.2) is 38.8 Å². The van der Waals surface area contributed by atoms with Crippen LogP contribution in [0, 0.1) is 0 Å². The van der Waals surface area contributed by atoms with Gasteiger partial charge in [-0.2, -0.15) is 0 Å². The Morgan fingerprint density at radius 3 is 2.58 bits per heavy atom. The average molecular weight is 271 g/mol. The summed E-state index contributed by atoms with van der Waals surface area (Å²) >= 11 is 1.57. The van der Waals surface area contributed by atoms with E-state index in [1.807, 2.05) is 34.9 Å². The Balaban J connectivity index is 2.54. The molecule has 0 radical (unpaired) electrons. The maximum Gasteiger partial charge on any atom is 0.272 e. The minimum absolute atomic E-state index is 0.263. The van der Waals surface area contributed by atoms with Gasteiger partial charge in [0, 0.05) is 10.4 Å². The molecule has 0 aromatic carbocycles. The monoisotopic (exact) mass is 271 g/mol. The molecule has 0 amide bonds. The number of rotatable bonds is 1. The van der Waals surface area contributed by atoms with Crippen LogP contribution < -0.4 is 11.1 Å². The van der Waals surface area contributed by atoms with E-state index >= 15 is 0 Å². The predicted molar refractivity (Wildman–Crippen MR) is 76.6 cm³/mol. The van der Waals surface area contributed by atoms with Crippen molar-refractivity contribution in [3.05, 3.63) is 45.0 Å². The fraction of sp³-hybridized carbons (Fsp3) is 0.0769. The second-order valence-corrected chi connectivity index (χ2v) is 5.24. The minimum Gasteiger partial charge on any atom is -0.308 e. The van der Waals surface area contributed by atoms with Crippen LogP contribution in [0.3, 0.4) is 0 Å². The normalized spacial score (nSPS) is 12.1. The molecule has 0 fully saturated rings. The fourth-order valence-electron chi connectivity index (χ4n) is 2.72. The van der Waals surface area contributed by atoms with Crippen molar-refractivity contribution in [2.75, 3.05) is 6.26 Å². The molecule has 0 aliphatic rings. The Kier molecular flexibility index (Phi) is 1.92. The molecule has 0 aliphatic heterocycles. The molecule has 94 valence electrons. The first-order valence-electron chi connectivity index (χ1n) is 5.76. The molecule has 4 aromatic heterocycles. The zero-order valence-electron chi connectivity index (χ0n) is 9.98. The Morgan fingerprint density at radius 2 is 1.84 bits per heavy atom. The van der Waals surface area contributed by atoms with E-state index in [-0.39, 0.29) is 11.1 Å². The van der Waals surface area contributed by atoms with Gasteiger partial charge in [0.2, 0.25) is 0 Å². The van der Waals surface area contributed by atoms with E-state index in [0.717, 1.165) is 21.4 Å². The number of hydrogen-bond donors (Lipinski definition) is 2. The zero-order chi connectivity index (χ0) is 13.1. The third-order valence-corrected chi connectivity index (χ3v) is 4.21. The maximum atomic E-state index is 12.1. The van der Waals surface area contributed by atoms with Crippen molar-refractivity contribution in [1.82, 2.24) is 14.6 Å². The van der Waals surface area contributed by atoms with Crippen LogP contribution in [0.25, 0.3) is 27.3 Å². The van der Waals surface area contributed by atoms with Gasteiger partial charge in [-0.25, -0.2) is 0 Å². The lowest BCUT2D eigenvalue weighted by Crippen LogP contribution is -2.17. The Morgan fingerprint density at radius 1 is 1.11 bits per heavy atom. The van der Waals surface area contributed by atoms with Crippen molar-refractivity contribution in [1.29, 1.82) is 0 Å². The smallest absolute Gasteiger partial charge is 0.272 e. The van der Waals surface area contributed by atoms with Crippen molar-refractivity contribution in [2.24, 2.45) is 0 Å². The SMILES string of the molecule is CSc1cc2cccc3c4c(=O)[nH][nH]c(=O)c4c1n23. The zero-order valence-corrected chi connectivity index (χ0v) is 10.8. The van der Waals surface area contributed by atoms with E-state index in [1.54, 1.807) is 11.8 Å². The quantitative estimate of drug-likeness (QED) is 0.518. The number of pyridine rings is 1. The molecule has 19 heavy (non-hydrogen) atoms. The van der Waals surface area contributed by atoms with E-state index in [9.17, 15) is 9.59 Å². The van der Waals surface area contributed by atoms with Crippen molar-refractivity contribution >= 4 is 39.1 Å². The van der Waals surface area contributed by atoms with Crippen LogP contribution in [-0.4, -0.2) is 20.9 Å². The summed E-state index contributed by atoms with van der Waals surface area (Å²) in [5.41, 5.74) is 2.06. The summed E-state index contributed by atoms with van der Waals surface area (Å²) in [5, 5.41) is 5.72. The van der Waals surface area contributed by atoms with Crippen molar-refractivity contribution in [3.8, 4) is 0 Å². The number of nitrogens with zero attached hydrogens (tertiary/aromatic N) is 1. The molecule has 0 aliphatic carbocycles. The lowest BCUT2D eigenvalue weighted by molar-refractivity contribution is 0.979. The van der Waals surface area contributed by atoms with E-state index in [0.29, 0.717) is 10.8 Å². The summed E-state index contributed by atoms with van der Waals surface area (Å²) < 4.78 is 1.97. The van der Waals surface area contributed by atoms with Crippen LogP contribution in [0.2, 0.25) is 0 Å². The summed E-state index contributed by atoms with van der Waals surface area (Å²) in [7, 11) is 0. The highest BCUT2D eigenvalue weighted by atomic mass is 32.2. The Bertz CT molecular complexity index is 1040. The minimum atomic E-state index is -0.266. The van der Waals surface area contributed by atoms with Crippen LogP contribution in [0.4, 0.5) is 0 Å². The standard InChI is InChI=1S/C13H9N3O2S/c1-19-8-5-6-3-2-4-7-9-10(11(8)16(6)7)13(18)15-14-12(9)17/h2-5H,1H3,(H,14,17)(H,15,18). The average Bonchev–Trinajstić information content (AvgIpc) is 2.96. The van der Waals surface area contributed by atoms with Crippen LogP contribution >= 0.6 is 11.8 Å². The number of H-pyrrole nitrogens is 2. The van der Waals surface area contributed by atoms with Gasteiger partial charge >= 0.3 is 0 Å². The van der Waals surface area contributed by atoms with Gasteiger partial charge in [0.15, 0.2) is 0 Å². The molecule has 0 saturated carbocycles. The molecule has 0 unspecified atom stereocenters. The van der Waals surface area contributed by atoms with Crippen LogP contribution in [0.5, 0.6) is 0 Å². The molecule has 4 heterocycles. The summed E-state index contributed by atoms with van der Waals surface area (Å²) in [6.07, 6.45) is 1.96. The molecule has 5 nitrogen and oxygen atoms in total. The third-order valence-electron chi connectivity index (χ3n) is 3.46. The second-order valence-electron chi connectivity index (χ2n) is 4.39. The number of aromatic amines is 2. The molecule has 4 rings (SSSR count). The first-order valence-corrected chi connectivity index (χ1v) is 6.99. The molecule has 6 heteroatoms. The summed E-state index contributed by atoms with van der Waals surface area (Å²) in [5.74, 6) is 0. The Hall–Kier alpha value is -2.21. The van der Waals surface area contributed by atoms with Crippen molar-refractivity contribution in [3.63, 3.8) is 0 Å². The lowest BCUT2D eigenvalue weighted by atomic mass is 10.2. The molecule has 2 N–H and O–H groups in total. The molecule has 4 aromatic rings. The molecular formula is C13H9N3O2S. The van der Waals surface area contributed by atoms with Gasteiger partial charge in [0.25, 0.3) is 11.1 Å². The molecule has 0 saturated heterocycles. The molecular weight excluding hydrogens is 262 g/mol. The van der Waals surface area contributed by atoms with Gasteiger partial charge in [0.1, 0.15) is 0 Å². The van der Waals surface area contributed by atoms with E-state index in [2.05, 4.69) is 10.2 Å². The maximum absolute atomic E-state index is 12.1.